The summed E-state index contributed by atoms with van der Waals surface area (Å²) in [6.45, 7) is 6.02. The van der Waals surface area contributed by atoms with E-state index < -0.39 is 0 Å². The predicted molar refractivity (Wildman–Crippen MR) is 94.7 cm³/mol. The Balaban J connectivity index is 1.63. The number of imidazole rings is 1. The molecule has 2 aromatic rings. The molecule has 1 aromatic heterocycles. The van der Waals surface area contributed by atoms with Crippen LogP contribution in [0.2, 0.25) is 0 Å². The Morgan fingerprint density at radius 3 is 2.67 bits per heavy atom. The molecule has 0 bridgehead atoms. The van der Waals surface area contributed by atoms with E-state index in [1.54, 1.807) is 6.33 Å². The minimum atomic E-state index is 0.128. The molecule has 0 unspecified atom stereocenters. The third-order valence-electron chi connectivity index (χ3n) is 5.18. The molecule has 3 rings (SSSR count). The Hall–Kier alpha value is -2.14. The number of carbonyl (C=O) groups excluding carboxylic acids is 1. The Morgan fingerprint density at radius 1 is 1.29 bits per heavy atom. The van der Waals surface area contributed by atoms with Crippen LogP contribution in [0, 0.1) is 13.8 Å². The molecule has 0 aliphatic carbocycles. The fourth-order valence-corrected chi connectivity index (χ4v) is 3.31. The van der Waals surface area contributed by atoms with E-state index in [-0.39, 0.29) is 5.91 Å². The zero-order valence-electron chi connectivity index (χ0n) is 15.0. The first-order valence-corrected chi connectivity index (χ1v) is 8.45. The van der Waals surface area contributed by atoms with Gasteiger partial charge in [-0.15, -0.1) is 0 Å². The second-order valence-corrected chi connectivity index (χ2v) is 6.86. The van der Waals surface area contributed by atoms with E-state index in [1.807, 2.05) is 30.4 Å². The fourth-order valence-electron chi connectivity index (χ4n) is 3.31. The Morgan fingerprint density at radius 2 is 2.00 bits per heavy atom. The summed E-state index contributed by atoms with van der Waals surface area (Å²) in [6, 6.07) is 8.95. The number of nitrogens with zero attached hydrogens (tertiary/aromatic N) is 4. The van der Waals surface area contributed by atoms with Crippen LogP contribution in [0.4, 0.5) is 0 Å². The van der Waals surface area contributed by atoms with E-state index in [9.17, 15) is 4.79 Å². The topological polar surface area (TPSA) is 41.4 Å². The Bertz CT molecular complexity index is 737. The molecule has 0 N–H and O–H groups in total. The van der Waals surface area contributed by atoms with Gasteiger partial charge in [-0.25, -0.2) is 4.98 Å². The van der Waals surface area contributed by atoms with Gasteiger partial charge in [-0.05, 0) is 38.4 Å². The van der Waals surface area contributed by atoms with Crippen LogP contribution in [0.15, 0.2) is 30.6 Å². The molecule has 5 nitrogen and oxygen atoms in total. The van der Waals surface area contributed by atoms with Crippen molar-refractivity contribution in [2.24, 2.45) is 0 Å². The molecule has 1 aliphatic rings. The summed E-state index contributed by atoms with van der Waals surface area (Å²) in [4.78, 5) is 21.0. The average Bonchev–Trinajstić information content (AvgIpc) is 2.87. The zero-order chi connectivity index (χ0) is 17.3. The highest BCUT2D eigenvalue weighted by atomic mass is 16.2. The van der Waals surface area contributed by atoms with Crippen LogP contribution >= 0.6 is 0 Å². The average molecular weight is 326 g/mol. The van der Waals surface area contributed by atoms with Crippen LogP contribution in [0.1, 0.15) is 22.5 Å². The lowest BCUT2D eigenvalue weighted by Crippen LogP contribution is -2.46. The van der Waals surface area contributed by atoms with E-state index in [0.29, 0.717) is 12.6 Å². The van der Waals surface area contributed by atoms with Crippen molar-refractivity contribution in [2.75, 3.05) is 20.6 Å². The van der Waals surface area contributed by atoms with Crippen molar-refractivity contribution in [3.8, 4) is 0 Å². The summed E-state index contributed by atoms with van der Waals surface area (Å²) in [6.07, 6.45) is 2.74. The second-order valence-electron chi connectivity index (χ2n) is 6.86. The van der Waals surface area contributed by atoms with E-state index in [0.717, 1.165) is 30.9 Å². The van der Waals surface area contributed by atoms with Gasteiger partial charge in [0.1, 0.15) is 6.54 Å². The summed E-state index contributed by atoms with van der Waals surface area (Å²) in [5, 5.41) is 0. The molecule has 1 aliphatic heterocycles. The number of hydrogen-bond acceptors (Lipinski definition) is 3. The first-order valence-electron chi connectivity index (χ1n) is 8.45. The van der Waals surface area contributed by atoms with Gasteiger partial charge >= 0.3 is 0 Å². The van der Waals surface area contributed by atoms with Gasteiger partial charge in [-0.3, -0.25) is 9.69 Å². The second kappa shape index (κ2) is 6.77. The quantitative estimate of drug-likeness (QED) is 0.863. The van der Waals surface area contributed by atoms with E-state index in [1.165, 1.54) is 11.1 Å². The third-order valence-corrected chi connectivity index (χ3v) is 5.18. The maximum atomic E-state index is 12.6. The van der Waals surface area contributed by atoms with Crippen LogP contribution in [0.3, 0.4) is 0 Å². The lowest BCUT2D eigenvalue weighted by molar-refractivity contribution is -0.131. The predicted octanol–water partition coefficient (Wildman–Crippen LogP) is 2.02. The third kappa shape index (κ3) is 3.36. The SMILES string of the molecule is Cc1ncn(CC(=O)N(C)C[C@@H]2Cc3ccccc3CN2C)c1C. The summed E-state index contributed by atoms with van der Waals surface area (Å²) in [7, 11) is 4.04. The summed E-state index contributed by atoms with van der Waals surface area (Å²) in [5.41, 5.74) is 4.84. The number of likely N-dealkylation sites (N-methyl/N-ethyl adjacent to an activating group) is 2. The number of amides is 1. The molecular formula is C19H26N4O. The number of fused-ring (bicyclic) bond motifs is 1. The van der Waals surface area contributed by atoms with Crippen molar-refractivity contribution < 1.29 is 4.79 Å². The van der Waals surface area contributed by atoms with Gasteiger partial charge in [0.15, 0.2) is 0 Å². The number of hydrogen-bond donors (Lipinski definition) is 0. The molecule has 5 heteroatoms. The highest BCUT2D eigenvalue weighted by Crippen LogP contribution is 2.22. The van der Waals surface area contributed by atoms with Gasteiger partial charge in [-0.2, -0.15) is 0 Å². The normalized spacial score (nSPS) is 17.6. The minimum Gasteiger partial charge on any atom is -0.343 e. The first kappa shape index (κ1) is 16.7. The smallest absolute Gasteiger partial charge is 0.242 e. The van der Waals surface area contributed by atoms with Gasteiger partial charge < -0.3 is 9.47 Å². The fraction of sp³-hybridized carbons (Fsp3) is 0.474. The monoisotopic (exact) mass is 326 g/mol. The maximum absolute atomic E-state index is 12.6. The van der Waals surface area contributed by atoms with Gasteiger partial charge in [0.05, 0.1) is 12.0 Å². The first-order chi connectivity index (χ1) is 11.5. The molecule has 1 aromatic carbocycles. The van der Waals surface area contributed by atoms with Gasteiger partial charge in [0.2, 0.25) is 5.91 Å². The molecular weight excluding hydrogens is 300 g/mol. The highest BCUT2D eigenvalue weighted by Gasteiger charge is 2.25. The van der Waals surface area contributed by atoms with E-state index in [4.69, 9.17) is 0 Å². The molecule has 1 atom stereocenters. The van der Waals surface area contributed by atoms with Crippen LogP contribution < -0.4 is 0 Å². The van der Waals surface area contributed by atoms with E-state index >= 15 is 0 Å². The van der Waals surface area contributed by atoms with Crippen molar-refractivity contribution in [1.82, 2.24) is 19.4 Å². The molecule has 0 spiro atoms. The number of aryl methyl sites for hydroxylation is 1. The van der Waals surface area contributed by atoms with E-state index in [2.05, 4.69) is 41.2 Å². The van der Waals surface area contributed by atoms with Crippen LogP contribution in [0.25, 0.3) is 0 Å². The van der Waals surface area contributed by atoms with Gasteiger partial charge in [-0.1, -0.05) is 24.3 Å². The maximum Gasteiger partial charge on any atom is 0.242 e. The molecule has 128 valence electrons. The zero-order valence-corrected chi connectivity index (χ0v) is 15.0. The number of rotatable bonds is 4. The molecule has 24 heavy (non-hydrogen) atoms. The minimum absolute atomic E-state index is 0.128. The van der Waals surface area contributed by atoms with Crippen molar-refractivity contribution >= 4 is 5.91 Å². The van der Waals surface area contributed by atoms with Crippen molar-refractivity contribution in [2.45, 2.75) is 39.4 Å². The van der Waals surface area contributed by atoms with Crippen molar-refractivity contribution in [3.05, 3.63) is 53.1 Å². The Labute approximate surface area is 143 Å². The standard InChI is InChI=1S/C19H26N4O/c1-14-15(2)23(13-20-14)12-19(24)22(4)11-18-9-16-7-5-6-8-17(16)10-21(18)3/h5-8,13,18H,9-12H2,1-4H3/t18-/m0/s1. The number of aromatic nitrogens is 2. The molecule has 0 fully saturated rings. The van der Waals surface area contributed by atoms with Crippen LogP contribution in [0.5, 0.6) is 0 Å². The largest absolute Gasteiger partial charge is 0.343 e. The molecule has 0 radical (unpaired) electrons. The van der Waals surface area contributed by atoms with Crippen molar-refractivity contribution in [1.29, 1.82) is 0 Å². The van der Waals surface area contributed by atoms with Crippen LogP contribution in [-0.4, -0.2) is 51.9 Å². The molecule has 1 amide bonds. The number of carbonyl (C=O) groups is 1. The Kier molecular flexibility index (Phi) is 4.71. The van der Waals surface area contributed by atoms with Gasteiger partial charge in [0, 0.05) is 31.9 Å². The summed E-state index contributed by atoms with van der Waals surface area (Å²) in [5.74, 6) is 0.128. The highest BCUT2D eigenvalue weighted by molar-refractivity contribution is 5.75. The summed E-state index contributed by atoms with van der Waals surface area (Å²) < 4.78 is 1.92. The molecule has 0 saturated carbocycles. The summed E-state index contributed by atoms with van der Waals surface area (Å²) >= 11 is 0. The molecule has 2 heterocycles. The van der Waals surface area contributed by atoms with Crippen LogP contribution in [-0.2, 0) is 24.3 Å². The van der Waals surface area contributed by atoms with Gasteiger partial charge in [0.25, 0.3) is 0 Å². The lowest BCUT2D eigenvalue weighted by atomic mass is 9.94. The number of benzene rings is 1. The lowest BCUT2D eigenvalue weighted by Gasteiger charge is -2.36. The van der Waals surface area contributed by atoms with Crippen molar-refractivity contribution in [3.63, 3.8) is 0 Å². The molecule has 0 saturated heterocycles.